The molecule has 1 atom stereocenters. The summed E-state index contributed by atoms with van der Waals surface area (Å²) in [5.41, 5.74) is 6.15. The molecule has 0 radical (unpaired) electrons. The topological polar surface area (TPSA) is 46.3 Å². The number of hydrogen-bond donors (Lipinski definition) is 1. The van der Waals surface area contributed by atoms with Gasteiger partial charge in [-0.2, -0.15) is 0 Å². The van der Waals surface area contributed by atoms with Crippen LogP contribution in [0.25, 0.3) is 0 Å². The second kappa shape index (κ2) is 6.36. The smallest absolute Gasteiger partial charge is 0.255 e. The zero-order valence-electron chi connectivity index (χ0n) is 9.73. The van der Waals surface area contributed by atoms with Crippen LogP contribution >= 0.6 is 24.0 Å². The maximum absolute atomic E-state index is 12.9. The molecule has 1 aromatic carbocycles. The van der Waals surface area contributed by atoms with Crippen molar-refractivity contribution in [1.29, 1.82) is 0 Å². The predicted molar refractivity (Wildman–Crippen MR) is 71.8 cm³/mol. The van der Waals surface area contributed by atoms with E-state index in [0.29, 0.717) is 18.7 Å². The third-order valence-corrected chi connectivity index (χ3v) is 3.22. The normalized spacial score (nSPS) is 19.3. The first-order valence-electron chi connectivity index (χ1n) is 5.58. The molecule has 1 saturated heterocycles. The Morgan fingerprint density at radius 1 is 1.50 bits per heavy atom. The highest BCUT2D eigenvalue weighted by atomic mass is 35.5. The Labute approximate surface area is 116 Å². The molecule has 0 spiro atoms. The van der Waals surface area contributed by atoms with Crippen LogP contribution in [0.3, 0.4) is 0 Å². The SMILES string of the molecule is Cl.N[C@@H]1CCCN(C(=O)c2ccc(F)cc2Cl)C1. The molecule has 0 bridgehead atoms. The van der Waals surface area contributed by atoms with Gasteiger partial charge in [-0.15, -0.1) is 12.4 Å². The largest absolute Gasteiger partial charge is 0.337 e. The van der Waals surface area contributed by atoms with Gasteiger partial charge in [0.25, 0.3) is 5.91 Å². The fourth-order valence-corrected chi connectivity index (χ4v) is 2.28. The number of halogens is 3. The maximum atomic E-state index is 12.9. The van der Waals surface area contributed by atoms with Gasteiger partial charge in [0.1, 0.15) is 5.82 Å². The van der Waals surface area contributed by atoms with Crippen molar-refractivity contribution in [3.63, 3.8) is 0 Å². The monoisotopic (exact) mass is 292 g/mol. The van der Waals surface area contributed by atoms with Crippen LogP contribution in [0, 0.1) is 5.82 Å². The van der Waals surface area contributed by atoms with Gasteiger partial charge in [0.15, 0.2) is 0 Å². The van der Waals surface area contributed by atoms with Gasteiger partial charge >= 0.3 is 0 Å². The van der Waals surface area contributed by atoms with Gasteiger partial charge in [0, 0.05) is 19.1 Å². The number of piperidine rings is 1. The highest BCUT2D eigenvalue weighted by molar-refractivity contribution is 6.33. The Morgan fingerprint density at radius 2 is 2.22 bits per heavy atom. The van der Waals surface area contributed by atoms with Gasteiger partial charge in [0.05, 0.1) is 10.6 Å². The van der Waals surface area contributed by atoms with E-state index >= 15 is 0 Å². The highest BCUT2D eigenvalue weighted by Gasteiger charge is 2.23. The minimum atomic E-state index is -0.443. The standard InChI is InChI=1S/C12H14ClFN2O.ClH/c13-11-6-8(14)3-4-10(11)12(17)16-5-1-2-9(15)7-16;/h3-4,6,9H,1-2,5,7,15H2;1H/t9-;/m1./s1. The first kappa shape index (κ1) is 15.2. The number of carbonyl (C=O) groups excluding carboxylic acids is 1. The number of benzene rings is 1. The van der Waals surface area contributed by atoms with Crippen LogP contribution in [-0.4, -0.2) is 29.9 Å². The summed E-state index contributed by atoms with van der Waals surface area (Å²) in [6.45, 7) is 1.22. The summed E-state index contributed by atoms with van der Waals surface area (Å²) in [5.74, 6) is -0.618. The predicted octanol–water partition coefficient (Wildman–Crippen LogP) is 2.46. The minimum Gasteiger partial charge on any atom is -0.337 e. The molecule has 3 nitrogen and oxygen atoms in total. The second-order valence-electron chi connectivity index (χ2n) is 4.28. The summed E-state index contributed by atoms with van der Waals surface area (Å²) in [4.78, 5) is 13.8. The van der Waals surface area contributed by atoms with Crippen molar-refractivity contribution < 1.29 is 9.18 Å². The van der Waals surface area contributed by atoms with Gasteiger partial charge in [-0.1, -0.05) is 11.6 Å². The van der Waals surface area contributed by atoms with Crippen LogP contribution in [0.15, 0.2) is 18.2 Å². The van der Waals surface area contributed by atoms with E-state index in [9.17, 15) is 9.18 Å². The molecule has 0 aliphatic carbocycles. The number of amides is 1. The first-order valence-corrected chi connectivity index (χ1v) is 5.95. The molecule has 0 aromatic heterocycles. The Morgan fingerprint density at radius 3 is 2.83 bits per heavy atom. The second-order valence-corrected chi connectivity index (χ2v) is 4.68. The molecule has 1 aromatic rings. The summed E-state index contributed by atoms with van der Waals surface area (Å²) in [6, 6.07) is 3.83. The number of nitrogens with two attached hydrogens (primary N) is 1. The van der Waals surface area contributed by atoms with E-state index in [1.807, 2.05) is 0 Å². The molecule has 100 valence electrons. The first-order chi connectivity index (χ1) is 8.08. The fraction of sp³-hybridized carbons (Fsp3) is 0.417. The highest BCUT2D eigenvalue weighted by Crippen LogP contribution is 2.20. The summed E-state index contributed by atoms with van der Waals surface area (Å²) >= 11 is 5.86. The van der Waals surface area contributed by atoms with Crippen molar-refractivity contribution >= 4 is 29.9 Å². The van der Waals surface area contributed by atoms with Crippen molar-refractivity contribution in [3.8, 4) is 0 Å². The summed E-state index contributed by atoms with van der Waals surface area (Å²) in [7, 11) is 0. The Balaban J connectivity index is 0.00000162. The van der Waals surface area contributed by atoms with Crippen molar-refractivity contribution in [2.45, 2.75) is 18.9 Å². The lowest BCUT2D eigenvalue weighted by molar-refractivity contribution is 0.0709. The molecule has 2 rings (SSSR count). The van der Waals surface area contributed by atoms with Gasteiger partial charge in [0.2, 0.25) is 0 Å². The van der Waals surface area contributed by atoms with E-state index in [4.69, 9.17) is 17.3 Å². The van der Waals surface area contributed by atoms with Crippen LogP contribution < -0.4 is 5.73 Å². The molecule has 0 unspecified atom stereocenters. The number of likely N-dealkylation sites (tertiary alicyclic amines) is 1. The third kappa shape index (κ3) is 3.34. The number of carbonyl (C=O) groups is 1. The van der Waals surface area contributed by atoms with Gasteiger partial charge in [-0.05, 0) is 31.0 Å². The van der Waals surface area contributed by atoms with Crippen LogP contribution in [-0.2, 0) is 0 Å². The van der Waals surface area contributed by atoms with E-state index in [0.717, 1.165) is 18.9 Å². The molecule has 1 fully saturated rings. The minimum absolute atomic E-state index is 0. The van der Waals surface area contributed by atoms with E-state index in [1.165, 1.54) is 12.1 Å². The lowest BCUT2D eigenvalue weighted by Crippen LogP contribution is -2.45. The third-order valence-electron chi connectivity index (χ3n) is 2.91. The Hall–Kier alpha value is -0.840. The lowest BCUT2D eigenvalue weighted by Gasteiger charge is -2.31. The summed E-state index contributed by atoms with van der Waals surface area (Å²) in [6.07, 6.45) is 1.83. The molecular formula is C12H15Cl2FN2O. The van der Waals surface area contributed by atoms with E-state index in [2.05, 4.69) is 0 Å². The molecular weight excluding hydrogens is 278 g/mol. The van der Waals surface area contributed by atoms with Crippen molar-refractivity contribution in [1.82, 2.24) is 4.90 Å². The van der Waals surface area contributed by atoms with Crippen molar-refractivity contribution in [2.24, 2.45) is 5.73 Å². The summed E-state index contributed by atoms with van der Waals surface area (Å²) in [5, 5.41) is 0.147. The van der Waals surface area contributed by atoms with Gasteiger partial charge in [-0.3, -0.25) is 4.79 Å². The Bertz CT molecular complexity index is 442. The van der Waals surface area contributed by atoms with Gasteiger partial charge in [-0.25, -0.2) is 4.39 Å². The van der Waals surface area contributed by atoms with Gasteiger partial charge < -0.3 is 10.6 Å². The van der Waals surface area contributed by atoms with Crippen molar-refractivity contribution in [2.75, 3.05) is 13.1 Å². The molecule has 1 amide bonds. The zero-order chi connectivity index (χ0) is 12.4. The van der Waals surface area contributed by atoms with Crippen LogP contribution in [0.2, 0.25) is 5.02 Å². The zero-order valence-corrected chi connectivity index (χ0v) is 11.3. The molecule has 2 N–H and O–H groups in total. The van der Waals surface area contributed by atoms with Crippen LogP contribution in [0.4, 0.5) is 4.39 Å². The number of rotatable bonds is 1. The summed E-state index contributed by atoms with van der Waals surface area (Å²) < 4.78 is 12.9. The van der Waals surface area contributed by atoms with Crippen LogP contribution in [0.1, 0.15) is 23.2 Å². The van der Waals surface area contributed by atoms with E-state index < -0.39 is 5.82 Å². The Kier molecular flexibility index (Phi) is 5.38. The number of hydrogen-bond acceptors (Lipinski definition) is 2. The number of nitrogens with zero attached hydrogens (tertiary/aromatic N) is 1. The molecule has 1 heterocycles. The molecule has 6 heteroatoms. The molecule has 18 heavy (non-hydrogen) atoms. The molecule has 1 aliphatic rings. The molecule has 0 saturated carbocycles. The maximum Gasteiger partial charge on any atom is 0.255 e. The van der Waals surface area contributed by atoms with Crippen molar-refractivity contribution in [3.05, 3.63) is 34.6 Å². The van der Waals surface area contributed by atoms with Crippen LogP contribution in [0.5, 0.6) is 0 Å². The fourth-order valence-electron chi connectivity index (χ4n) is 2.03. The average molecular weight is 293 g/mol. The average Bonchev–Trinajstić information content (AvgIpc) is 2.28. The quantitative estimate of drug-likeness (QED) is 0.864. The lowest BCUT2D eigenvalue weighted by atomic mass is 10.1. The van der Waals surface area contributed by atoms with E-state index in [1.54, 1.807) is 4.90 Å². The molecule has 1 aliphatic heterocycles. The van der Waals surface area contributed by atoms with E-state index in [-0.39, 0.29) is 29.4 Å².